The van der Waals surface area contributed by atoms with Crippen molar-refractivity contribution in [1.82, 2.24) is 15.0 Å². The largest absolute Gasteiger partial charge is 0.322 e. The number of rotatable bonds is 4. The number of amides is 1. The molecule has 136 valence electrons. The Morgan fingerprint density at radius 3 is 2.43 bits per heavy atom. The number of anilines is 1. The van der Waals surface area contributed by atoms with Crippen molar-refractivity contribution in [2.75, 3.05) is 5.32 Å². The SMILES string of the molecule is O=C(Nc1cccc(Br)c1)c1cnc(-c2ccccc2)nc1-c1ccncc1. The number of halogens is 1. The zero-order valence-corrected chi connectivity index (χ0v) is 16.3. The van der Waals surface area contributed by atoms with Crippen molar-refractivity contribution < 1.29 is 4.79 Å². The highest BCUT2D eigenvalue weighted by molar-refractivity contribution is 9.10. The number of carbonyl (C=O) groups is 1. The lowest BCUT2D eigenvalue weighted by molar-refractivity contribution is 0.102. The highest BCUT2D eigenvalue weighted by atomic mass is 79.9. The van der Waals surface area contributed by atoms with Gasteiger partial charge in [0.1, 0.15) is 0 Å². The van der Waals surface area contributed by atoms with Crippen molar-refractivity contribution in [3.05, 3.63) is 95.4 Å². The van der Waals surface area contributed by atoms with E-state index in [9.17, 15) is 4.79 Å². The smallest absolute Gasteiger partial charge is 0.259 e. The Bertz CT molecular complexity index is 1120. The summed E-state index contributed by atoms with van der Waals surface area (Å²) in [5, 5.41) is 2.90. The van der Waals surface area contributed by atoms with Crippen LogP contribution in [0.5, 0.6) is 0 Å². The summed E-state index contributed by atoms with van der Waals surface area (Å²) in [5.74, 6) is 0.288. The van der Waals surface area contributed by atoms with Crippen molar-refractivity contribution in [2.45, 2.75) is 0 Å². The molecule has 4 aromatic rings. The van der Waals surface area contributed by atoms with E-state index >= 15 is 0 Å². The monoisotopic (exact) mass is 430 g/mol. The Kier molecular flexibility index (Phi) is 5.21. The minimum atomic E-state index is -0.274. The lowest BCUT2D eigenvalue weighted by Crippen LogP contribution is -2.15. The summed E-state index contributed by atoms with van der Waals surface area (Å²) in [6.07, 6.45) is 4.92. The second-order valence-electron chi connectivity index (χ2n) is 6.02. The number of hydrogen-bond acceptors (Lipinski definition) is 4. The van der Waals surface area contributed by atoms with Gasteiger partial charge in [-0.05, 0) is 30.3 Å². The third-order valence-corrected chi connectivity index (χ3v) is 4.59. The van der Waals surface area contributed by atoms with Crippen LogP contribution in [0, 0.1) is 0 Å². The molecule has 0 aliphatic carbocycles. The van der Waals surface area contributed by atoms with Crippen molar-refractivity contribution in [1.29, 1.82) is 0 Å². The highest BCUT2D eigenvalue weighted by Crippen LogP contribution is 2.25. The number of benzene rings is 2. The summed E-state index contributed by atoms with van der Waals surface area (Å²) in [6.45, 7) is 0. The highest BCUT2D eigenvalue weighted by Gasteiger charge is 2.17. The molecule has 2 heterocycles. The zero-order chi connectivity index (χ0) is 19.3. The average Bonchev–Trinajstić information content (AvgIpc) is 2.74. The molecule has 0 saturated heterocycles. The molecule has 5 nitrogen and oxygen atoms in total. The molecule has 0 fully saturated rings. The topological polar surface area (TPSA) is 67.8 Å². The van der Waals surface area contributed by atoms with Crippen LogP contribution >= 0.6 is 15.9 Å². The van der Waals surface area contributed by atoms with Gasteiger partial charge >= 0.3 is 0 Å². The summed E-state index contributed by atoms with van der Waals surface area (Å²) < 4.78 is 0.885. The van der Waals surface area contributed by atoms with Gasteiger partial charge in [0, 0.05) is 39.9 Å². The van der Waals surface area contributed by atoms with E-state index in [4.69, 9.17) is 0 Å². The molecule has 1 N–H and O–H groups in total. The molecule has 0 aliphatic rings. The molecule has 28 heavy (non-hydrogen) atoms. The molecule has 0 spiro atoms. The van der Waals surface area contributed by atoms with E-state index < -0.39 is 0 Å². The first-order chi connectivity index (χ1) is 13.7. The quantitative estimate of drug-likeness (QED) is 0.481. The van der Waals surface area contributed by atoms with Crippen molar-refractivity contribution in [2.24, 2.45) is 0 Å². The van der Waals surface area contributed by atoms with Gasteiger partial charge in [-0.1, -0.05) is 52.3 Å². The average molecular weight is 431 g/mol. The predicted octanol–water partition coefficient (Wildman–Crippen LogP) is 5.22. The molecule has 6 heteroatoms. The maximum absolute atomic E-state index is 12.9. The molecule has 2 aromatic heterocycles. The molecule has 0 aliphatic heterocycles. The molecular weight excluding hydrogens is 416 g/mol. The van der Waals surface area contributed by atoms with Crippen molar-refractivity contribution in [3.63, 3.8) is 0 Å². The number of nitrogens with one attached hydrogen (secondary N) is 1. The lowest BCUT2D eigenvalue weighted by Gasteiger charge is -2.11. The van der Waals surface area contributed by atoms with Gasteiger partial charge in [-0.15, -0.1) is 0 Å². The van der Waals surface area contributed by atoms with Crippen molar-refractivity contribution in [3.8, 4) is 22.6 Å². The fraction of sp³-hybridized carbons (Fsp3) is 0. The van der Waals surface area contributed by atoms with Crippen LogP contribution in [-0.2, 0) is 0 Å². The van der Waals surface area contributed by atoms with Gasteiger partial charge in [-0.2, -0.15) is 0 Å². The van der Waals surface area contributed by atoms with E-state index in [0.29, 0.717) is 22.8 Å². The number of pyridine rings is 1. The molecule has 2 aromatic carbocycles. The maximum atomic E-state index is 12.9. The van der Waals surface area contributed by atoms with Crippen LogP contribution in [0.25, 0.3) is 22.6 Å². The third kappa shape index (κ3) is 3.97. The van der Waals surface area contributed by atoms with Crippen LogP contribution in [-0.4, -0.2) is 20.9 Å². The minimum Gasteiger partial charge on any atom is -0.322 e. The molecular formula is C22H15BrN4O. The van der Waals surface area contributed by atoms with E-state index in [2.05, 4.69) is 36.2 Å². The van der Waals surface area contributed by atoms with Gasteiger partial charge in [0.05, 0.1) is 11.3 Å². The second-order valence-corrected chi connectivity index (χ2v) is 6.94. The van der Waals surface area contributed by atoms with Crippen LogP contribution < -0.4 is 5.32 Å². The van der Waals surface area contributed by atoms with E-state index in [1.165, 1.54) is 0 Å². The summed E-state index contributed by atoms with van der Waals surface area (Å²) in [7, 11) is 0. The predicted molar refractivity (Wildman–Crippen MR) is 113 cm³/mol. The Labute approximate surface area is 170 Å². The molecule has 0 unspecified atom stereocenters. The number of nitrogens with zero attached hydrogens (tertiary/aromatic N) is 3. The lowest BCUT2D eigenvalue weighted by atomic mass is 10.1. The van der Waals surface area contributed by atoms with Gasteiger partial charge in [-0.25, -0.2) is 9.97 Å². The second kappa shape index (κ2) is 8.10. The Hall–Kier alpha value is -3.38. The van der Waals surface area contributed by atoms with Gasteiger partial charge < -0.3 is 5.32 Å². The Morgan fingerprint density at radius 2 is 1.68 bits per heavy atom. The normalized spacial score (nSPS) is 10.5. The number of hydrogen-bond donors (Lipinski definition) is 1. The van der Waals surface area contributed by atoms with Gasteiger partial charge in [0.2, 0.25) is 0 Å². The van der Waals surface area contributed by atoms with Crippen molar-refractivity contribution >= 4 is 27.5 Å². The van der Waals surface area contributed by atoms with E-state index in [1.54, 1.807) is 18.6 Å². The third-order valence-electron chi connectivity index (χ3n) is 4.10. The van der Waals surface area contributed by atoms with Crippen LogP contribution in [0.15, 0.2) is 89.8 Å². The fourth-order valence-electron chi connectivity index (χ4n) is 2.77. The summed E-state index contributed by atoms with van der Waals surface area (Å²) in [5.41, 5.74) is 3.33. The standard InChI is InChI=1S/C22H15BrN4O/c23-17-7-4-8-18(13-17)26-22(28)19-14-25-21(16-5-2-1-3-6-16)27-20(19)15-9-11-24-12-10-15/h1-14H,(H,26,28). The Balaban J connectivity index is 1.77. The first-order valence-corrected chi connectivity index (χ1v) is 9.40. The number of aromatic nitrogens is 3. The zero-order valence-electron chi connectivity index (χ0n) is 14.7. The van der Waals surface area contributed by atoms with Crippen LogP contribution in [0.3, 0.4) is 0 Å². The summed E-state index contributed by atoms with van der Waals surface area (Å²) in [6, 6.07) is 20.7. The molecule has 0 bridgehead atoms. The fourth-order valence-corrected chi connectivity index (χ4v) is 3.17. The molecule has 1 amide bonds. The van der Waals surface area contributed by atoms with Crippen LogP contribution in [0.1, 0.15) is 10.4 Å². The van der Waals surface area contributed by atoms with E-state index in [1.807, 2.05) is 66.7 Å². The number of carbonyl (C=O) groups excluding carboxylic acids is 1. The molecule has 0 atom stereocenters. The Morgan fingerprint density at radius 1 is 0.893 bits per heavy atom. The van der Waals surface area contributed by atoms with Gasteiger partial charge in [0.15, 0.2) is 5.82 Å². The van der Waals surface area contributed by atoms with Gasteiger partial charge in [0.25, 0.3) is 5.91 Å². The minimum absolute atomic E-state index is 0.274. The summed E-state index contributed by atoms with van der Waals surface area (Å²) >= 11 is 3.41. The summed E-state index contributed by atoms with van der Waals surface area (Å²) in [4.78, 5) is 26.1. The maximum Gasteiger partial charge on any atom is 0.259 e. The van der Waals surface area contributed by atoms with Gasteiger partial charge in [-0.3, -0.25) is 9.78 Å². The molecule has 0 radical (unpaired) electrons. The molecule has 0 saturated carbocycles. The molecule has 4 rings (SSSR count). The van der Waals surface area contributed by atoms with Crippen LogP contribution in [0.4, 0.5) is 5.69 Å². The van der Waals surface area contributed by atoms with E-state index in [0.717, 1.165) is 15.6 Å². The first kappa shape index (κ1) is 18.0. The first-order valence-electron chi connectivity index (χ1n) is 8.60. The van der Waals surface area contributed by atoms with E-state index in [-0.39, 0.29) is 5.91 Å². The van der Waals surface area contributed by atoms with Crippen LogP contribution in [0.2, 0.25) is 0 Å².